The lowest BCUT2D eigenvalue weighted by Gasteiger charge is -2.45. The van der Waals surface area contributed by atoms with E-state index in [1.54, 1.807) is 11.3 Å². The van der Waals surface area contributed by atoms with Gasteiger partial charge in [0.25, 0.3) is 0 Å². The zero-order valence-electron chi connectivity index (χ0n) is 10.9. The maximum absolute atomic E-state index is 10.8. The second-order valence-electron chi connectivity index (χ2n) is 4.85. The second-order valence-corrected chi connectivity index (χ2v) is 6.65. The molecule has 1 aromatic rings. The largest absolute Gasteiger partial charge is 0.386 e. The average Bonchev–Trinajstić information content (AvgIpc) is 2.84. The summed E-state index contributed by atoms with van der Waals surface area (Å²) in [6, 6.07) is 2.00. The van der Waals surface area contributed by atoms with Crippen LogP contribution in [0.4, 0.5) is 0 Å². The van der Waals surface area contributed by atoms with Crippen molar-refractivity contribution in [2.45, 2.75) is 31.9 Å². The molecule has 2 rings (SSSR count). The maximum Gasteiger partial charge on any atom is 0.107 e. The lowest BCUT2D eigenvalue weighted by atomic mass is 9.88. The first-order valence-electron chi connectivity index (χ1n) is 6.33. The number of aliphatic hydroxyl groups excluding tert-OH is 1. The second kappa shape index (κ2) is 6.01. The Morgan fingerprint density at radius 3 is 2.72 bits per heavy atom. The minimum Gasteiger partial charge on any atom is -0.386 e. The molecule has 0 bridgehead atoms. The summed E-state index contributed by atoms with van der Waals surface area (Å²) >= 11 is 5.13. The van der Waals surface area contributed by atoms with Gasteiger partial charge < -0.3 is 9.84 Å². The Hall–Kier alpha value is 0.0600. The molecule has 0 saturated carbocycles. The summed E-state index contributed by atoms with van der Waals surface area (Å²) < 4.78 is 6.41. The maximum atomic E-state index is 10.8. The molecule has 1 aliphatic heterocycles. The molecule has 1 aliphatic rings. The number of hydrogen-bond donors (Lipinski definition) is 1. The van der Waals surface area contributed by atoms with Crippen molar-refractivity contribution in [3.05, 3.63) is 20.8 Å². The first-order valence-corrected chi connectivity index (χ1v) is 8.00. The minimum atomic E-state index is -0.463. The summed E-state index contributed by atoms with van der Waals surface area (Å²) in [5.41, 5.74) is -0.225. The number of ether oxygens (including phenoxy) is 1. The molecule has 1 N–H and O–H groups in total. The predicted octanol–water partition coefficient (Wildman–Crippen LogP) is 3.04. The van der Waals surface area contributed by atoms with E-state index in [1.165, 1.54) is 0 Å². The van der Waals surface area contributed by atoms with Crippen molar-refractivity contribution in [1.82, 2.24) is 4.90 Å². The molecule has 2 heterocycles. The van der Waals surface area contributed by atoms with E-state index in [9.17, 15) is 5.11 Å². The van der Waals surface area contributed by atoms with Gasteiger partial charge >= 0.3 is 0 Å². The first-order chi connectivity index (χ1) is 8.59. The number of thiophene rings is 1. The molecular formula is C13H20BrNO2S. The van der Waals surface area contributed by atoms with E-state index in [0.29, 0.717) is 0 Å². The van der Waals surface area contributed by atoms with E-state index in [0.717, 1.165) is 42.1 Å². The number of nitrogens with zero attached hydrogens (tertiary/aromatic N) is 1. The van der Waals surface area contributed by atoms with Gasteiger partial charge in [0.1, 0.15) is 6.10 Å². The van der Waals surface area contributed by atoms with Crippen LogP contribution >= 0.6 is 27.3 Å². The molecule has 2 unspecified atom stereocenters. The van der Waals surface area contributed by atoms with Crippen LogP contribution < -0.4 is 0 Å². The molecule has 102 valence electrons. The fourth-order valence-electron chi connectivity index (χ4n) is 2.45. The van der Waals surface area contributed by atoms with Crippen LogP contribution in [-0.2, 0) is 4.74 Å². The fourth-order valence-corrected chi connectivity index (χ4v) is 4.17. The van der Waals surface area contributed by atoms with E-state index in [1.807, 2.05) is 11.4 Å². The van der Waals surface area contributed by atoms with Crippen LogP contribution in [-0.4, -0.2) is 41.8 Å². The molecular weight excluding hydrogens is 314 g/mol. The SMILES string of the molecule is CCC(C)(C(O)c1sccc1Br)N1CCOCC1. The zero-order chi connectivity index (χ0) is 13.2. The van der Waals surface area contributed by atoms with Gasteiger partial charge in [-0.1, -0.05) is 6.92 Å². The van der Waals surface area contributed by atoms with Crippen LogP contribution in [0.15, 0.2) is 15.9 Å². The van der Waals surface area contributed by atoms with Gasteiger partial charge in [0.15, 0.2) is 0 Å². The lowest BCUT2D eigenvalue weighted by molar-refractivity contribution is -0.0725. The highest BCUT2D eigenvalue weighted by Gasteiger charge is 2.40. The van der Waals surface area contributed by atoms with Crippen molar-refractivity contribution in [3.8, 4) is 0 Å². The van der Waals surface area contributed by atoms with Crippen LogP contribution in [0.25, 0.3) is 0 Å². The van der Waals surface area contributed by atoms with E-state index >= 15 is 0 Å². The molecule has 18 heavy (non-hydrogen) atoms. The van der Waals surface area contributed by atoms with E-state index < -0.39 is 6.10 Å². The van der Waals surface area contributed by atoms with Gasteiger partial charge in [-0.25, -0.2) is 0 Å². The summed E-state index contributed by atoms with van der Waals surface area (Å²) in [5.74, 6) is 0. The van der Waals surface area contributed by atoms with Crippen molar-refractivity contribution in [2.24, 2.45) is 0 Å². The number of rotatable bonds is 4. The van der Waals surface area contributed by atoms with Crippen molar-refractivity contribution in [1.29, 1.82) is 0 Å². The fraction of sp³-hybridized carbons (Fsp3) is 0.692. The Bertz CT molecular complexity index is 392. The molecule has 1 saturated heterocycles. The molecule has 0 aliphatic carbocycles. The van der Waals surface area contributed by atoms with Crippen LogP contribution in [0.5, 0.6) is 0 Å². The number of aliphatic hydroxyl groups is 1. The number of halogens is 1. The van der Waals surface area contributed by atoms with Crippen LogP contribution in [0.3, 0.4) is 0 Å². The van der Waals surface area contributed by atoms with Crippen molar-refractivity contribution < 1.29 is 9.84 Å². The number of morpholine rings is 1. The predicted molar refractivity (Wildman–Crippen MR) is 78.1 cm³/mol. The molecule has 0 aromatic carbocycles. The smallest absolute Gasteiger partial charge is 0.107 e. The highest BCUT2D eigenvalue weighted by Crippen LogP contribution is 2.40. The average molecular weight is 334 g/mol. The molecule has 1 fully saturated rings. The molecule has 3 nitrogen and oxygen atoms in total. The van der Waals surface area contributed by atoms with Gasteiger partial charge in [-0.2, -0.15) is 0 Å². The molecule has 0 radical (unpaired) electrons. The Kier molecular flexibility index (Phi) is 4.83. The van der Waals surface area contributed by atoms with Gasteiger partial charge in [0.05, 0.1) is 13.2 Å². The third-order valence-electron chi connectivity index (χ3n) is 3.93. The summed E-state index contributed by atoms with van der Waals surface area (Å²) in [6.45, 7) is 7.59. The molecule has 0 spiro atoms. The molecule has 1 aromatic heterocycles. The third kappa shape index (κ3) is 2.65. The molecule has 2 atom stereocenters. The Morgan fingerprint density at radius 1 is 1.56 bits per heavy atom. The van der Waals surface area contributed by atoms with Crippen molar-refractivity contribution in [2.75, 3.05) is 26.3 Å². The van der Waals surface area contributed by atoms with E-state index in [2.05, 4.69) is 34.7 Å². The lowest BCUT2D eigenvalue weighted by Crippen LogP contribution is -2.54. The van der Waals surface area contributed by atoms with Gasteiger partial charge in [0.2, 0.25) is 0 Å². The van der Waals surface area contributed by atoms with Gasteiger partial charge in [-0.3, -0.25) is 4.90 Å². The summed E-state index contributed by atoms with van der Waals surface area (Å²) in [6.07, 6.45) is 0.452. The normalized spacial score (nSPS) is 22.7. The Balaban J connectivity index is 2.22. The summed E-state index contributed by atoms with van der Waals surface area (Å²) in [4.78, 5) is 3.37. The topological polar surface area (TPSA) is 32.7 Å². The Labute approximate surface area is 121 Å². The third-order valence-corrected chi connectivity index (χ3v) is 5.85. The minimum absolute atomic E-state index is 0.225. The highest BCUT2D eigenvalue weighted by molar-refractivity contribution is 9.10. The summed E-state index contributed by atoms with van der Waals surface area (Å²) in [5, 5.41) is 12.8. The van der Waals surface area contributed by atoms with Gasteiger partial charge in [-0.05, 0) is 40.7 Å². The highest BCUT2D eigenvalue weighted by atomic mass is 79.9. The molecule has 5 heteroatoms. The Morgan fingerprint density at radius 2 is 2.22 bits per heavy atom. The van der Waals surface area contributed by atoms with Crippen LogP contribution in [0.1, 0.15) is 31.2 Å². The summed E-state index contributed by atoms with van der Waals surface area (Å²) in [7, 11) is 0. The van der Waals surface area contributed by atoms with Crippen LogP contribution in [0.2, 0.25) is 0 Å². The van der Waals surface area contributed by atoms with Crippen molar-refractivity contribution in [3.63, 3.8) is 0 Å². The van der Waals surface area contributed by atoms with Crippen LogP contribution in [0, 0.1) is 0 Å². The van der Waals surface area contributed by atoms with Crippen molar-refractivity contribution >= 4 is 27.3 Å². The van der Waals surface area contributed by atoms with Gasteiger partial charge in [-0.15, -0.1) is 11.3 Å². The number of hydrogen-bond acceptors (Lipinski definition) is 4. The van der Waals surface area contributed by atoms with E-state index in [4.69, 9.17) is 4.74 Å². The standard InChI is InChI=1S/C13H20BrNO2S/c1-3-13(2,15-5-7-17-8-6-15)12(16)11-10(14)4-9-18-11/h4,9,12,16H,3,5-8H2,1-2H3. The monoisotopic (exact) mass is 333 g/mol. The zero-order valence-corrected chi connectivity index (χ0v) is 13.3. The quantitative estimate of drug-likeness (QED) is 0.919. The first kappa shape index (κ1) is 14.5. The van der Waals surface area contributed by atoms with Gasteiger partial charge in [0, 0.05) is 28.0 Å². The molecule has 0 amide bonds. The van der Waals surface area contributed by atoms with E-state index in [-0.39, 0.29) is 5.54 Å².